The molecule has 5 nitrogen and oxygen atoms in total. The zero-order valence-corrected chi connectivity index (χ0v) is 11.8. The van der Waals surface area contributed by atoms with Gasteiger partial charge in [0.1, 0.15) is 0 Å². The van der Waals surface area contributed by atoms with E-state index >= 15 is 0 Å². The molecule has 0 amide bonds. The Morgan fingerprint density at radius 3 is 2.50 bits per heavy atom. The molecule has 0 spiro atoms. The Balaban J connectivity index is 2.49. The van der Waals surface area contributed by atoms with Crippen LogP contribution in [0.1, 0.15) is 52.1 Å². The predicted octanol–water partition coefficient (Wildman–Crippen LogP) is 1.72. The van der Waals surface area contributed by atoms with Crippen molar-refractivity contribution in [2.45, 2.75) is 65.1 Å². The van der Waals surface area contributed by atoms with Crippen molar-refractivity contribution in [3.8, 4) is 0 Å². The van der Waals surface area contributed by atoms with E-state index in [9.17, 15) is 0 Å². The Morgan fingerprint density at radius 2 is 1.94 bits per heavy atom. The zero-order chi connectivity index (χ0) is 13.4. The molecule has 18 heavy (non-hydrogen) atoms. The molecule has 0 saturated carbocycles. The summed E-state index contributed by atoms with van der Waals surface area (Å²) in [7, 11) is 0. The number of aromatic nitrogens is 3. The van der Waals surface area contributed by atoms with Crippen LogP contribution in [-0.4, -0.2) is 32.2 Å². The highest BCUT2D eigenvalue weighted by atomic mass is 16.3. The van der Waals surface area contributed by atoms with Crippen LogP contribution >= 0.6 is 0 Å². The lowest BCUT2D eigenvalue weighted by molar-refractivity contribution is 0.276. The number of aliphatic hydroxyl groups excluding tert-OH is 1. The number of hydrogen-bond acceptors (Lipinski definition) is 4. The molecule has 0 aromatic carbocycles. The van der Waals surface area contributed by atoms with E-state index in [0.29, 0.717) is 0 Å². The maximum Gasteiger partial charge on any atom is 0.0965 e. The predicted molar refractivity (Wildman–Crippen MR) is 72.2 cm³/mol. The van der Waals surface area contributed by atoms with Gasteiger partial charge in [0.2, 0.25) is 0 Å². The van der Waals surface area contributed by atoms with E-state index in [1.54, 1.807) is 4.68 Å². The highest BCUT2D eigenvalue weighted by Crippen LogP contribution is 2.19. The van der Waals surface area contributed by atoms with Gasteiger partial charge in [0, 0.05) is 31.4 Å². The molecule has 1 rings (SSSR count). The molecule has 5 heteroatoms. The average Bonchev–Trinajstić information content (AvgIpc) is 2.87. The van der Waals surface area contributed by atoms with Crippen molar-refractivity contribution in [2.24, 2.45) is 0 Å². The molecule has 0 aliphatic heterocycles. The van der Waals surface area contributed by atoms with Gasteiger partial charge in [-0.25, -0.2) is 0 Å². The molecular weight excluding hydrogens is 228 g/mol. The van der Waals surface area contributed by atoms with Gasteiger partial charge >= 0.3 is 0 Å². The van der Waals surface area contributed by atoms with E-state index in [-0.39, 0.29) is 12.1 Å². The number of rotatable bonds is 9. The van der Waals surface area contributed by atoms with Gasteiger partial charge in [-0.15, -0.1) is 5.10 Å². The third-order valence-corrected chi connectivity index (χ3v) is 3.81. The van der Waals surface area contributed by atoms with Crippen LogP contribution in [-0.2, 0) is 13.1 Å². The van der Waals surface area contributed by atoms with Crippen molar-refractivity contribution in [3.63, 3.8) is 0 Å². The Bertz CT molecular complexity index is 325. The highest BCUT2D eigenvalue weighted by Gasteiger charge is 2.22. The van der Waals surface area contributed by atoms with E-state index in [1.165, 1.54) is 0 Å². The summed E-state index contributed by atoms with van der Waals surface area (Å²) in [6.07, 6.45) is 6.05. The molecule has 0 aliphatic carbocycles. The van der Waals surface area contributed by atoms with Crippen LogP contribution < -0.4 is 5.32 Å². The molecule has 1 aromatic heterocycles. The number of nitrogens with zero attached hydrogens (tertiary/aromatic N) is 3. The van der Waals surface area contributed by atoms with E-state index < -0.39 is 0 Å². The smallest absolute Gasteiger partial charge is 0.0965 e. The molecule has 0 fully saturated rings. The van der Waals surface area contributed by atoms with Crippen LogP contribution in [0.3, 0.4) is 0 Å². The summed E-state index contributed by atoms with van der Waals surface area (Å²) in [4.78, 5) is 0. The number of nitrogens with one attached hydrogen (secondary N) is 1. The Hall–Kier alpha value is -0.940. The molecular formula is C13H26N4O. The molecule has 0 aliphatic rings. The summed E-state index contributed by atoms with van der Waals surface area (Å²) in [5, 5.41) is 20.6. The first-order valence-electron chi connectivity index (χ1n) is 6.94. The minimum Gasteiger partial charge on any atom is -0.396 e. The quantitative estimate of drug-likeness (QED) is 0.704. The first kappa shape index (κ1) is 15.1. The van der Waals surface area contributed by atoms with Crippen LogP contribution in [0.25, 0.3) is 0 Å². The zero-order valence-electron chi connectivity index (χ0n) is 11.8. The second-order valence-electron chi connectivity index (χ2n) is 4.74. The third-order valence-electron chi connectivity index (χ3n) is 3.81. The summed E-state index contributed by atoms with van der Waals surface area (Å²) in [5.74, 6) is 0. The molecule has 0 saturated heterocycles. The lowest BCUT2D eigenvalue weighted by Gasteiger charge is -2.31. The van der Waals surface area contributed by atoms with Crippen molar-refractivity contribution in [3.05, 3.63) is 11.9 Å². The fraction of sp³-hybridized carbons (Fsp3) is 0.846. The van der Waals surface area contributed by atoms with Gasteiger partial charge in [-0.05, 0) is 25.7 Å². The molecule has 0 bridgehead atoms. The maximum absolute atomic E-state index is 8.77. The molecule has 0 unspecified atom stereocenters. The molecule has 1 aromatic rings. The van der Waals surface area contributed by atoms with Crippen LogP contribution in [0, 0.1) is 0 Å². The first-order chi connectivity index (χ1) is 8.69. The van der Waals surface area contributed by atoms with Crippen molar-refractivity contribution in [1.82, 2.24) is 20.3 Å². The molecule has 1 heterocycles. The fourth-order valence-electron chi connectivity index (χ4n) is 2.16. The van der Waals surface area contributed by atoms with Crippen LogP contribution in [0.5, 0.6) is 0 Å². The number of aliphatic hydroxyl groups is 1. The Morgan fingerprint density at radius 1 is 1.28 bits per heavy atom. The van der Waals surface area contributed by atoms with Gasteiger partial charge in [-0.2, -0.15) is 0 Å². The topological polar surface area (TPSA) is 63.0 Å². The Kier molecular flexibility index (Phi) is 6.29. The highest BCUT2D eigenvalue weighted by molar-refractivity contribution is 4.95. The lowest BCUT2D eigenvalue weighted by atomic mass is 9.90. The normalized spacial score (nSPS) is 12.0. The largest absolute Gasteiger partial charge is 0.396 e. The summed E-state index contributed by atoms with van der Waals surface area (Å²) >= 11 is 0. The van der Waals surface area contributed by atoms with Crippen molar-refractivity contribution >= 4 is 0 Å². The van der Waals surface area contributed by atoms with Crippen LogP contribution in [0.15, 0.2) is 6.20 Å². The third kappa shape index (κ3) is 4.07. The summed E-state index contributed by atoms with van der Waals surface area (Å²) in [5.41, 5.74) is 1.18. The minimum absolute atomic E-state index is 0.193. The van der Waals surface area contributed by atoms with Gasteiger partial charge in [-0.3, -0.25) is 4.68 Å². The van der Waals surface area contributed by atoms with Crippen molar-refractivity contribution < 1.29 is 5.11 Å². The molecule has 104 valence electrons. The van der Waals surface area contributed by atoms with Gasteiger partial charge in [0.05, 0.1) is 5.69 Å². The SMILES string of the molecule is CCC(CC)(CC)NCc1cn(CCCO)nn1. The van der Waals surface area contributed by atoms with Crippen molar-refractivity contribution in [2.75, 3.05) is 6.61 Å². The lowest BCUT2D eigenvalue weighted by Crippen LogP contribution is -2.43. The summed E-state index contributed by atoms with van der Waals surface area (Å²) < 4.78 is 1.79. The molecule has 2 N–H and O–H groups in total. The van der Waals surface area contributed by atoms with E-state index in [1.807, 2.05) is 6.20 Å². The summed E-state index contributed by atoms with van der Waals surface area (Å²) in [6, 6.07) is 0. The standard InChI is InChI=1S/C13H26N4O/c1-4-13(5-2,6-3)14-10-12-11-17(16-15-12)8-7-9-18/h11,14,18H,4-10H2,1-3H3. The van der Waals surface area contributed by atoms with E-state index in [2.05, 4.69) is 36.4 Å². The number of aryl methyl sites for hydroxylation is 1. The Labute approximate surface area is 110 Å². The van der Waals surface area contributed by atoms with Gasteiger partial charge in [0.15, 0.2) is 0 Å². The average molecular weight is 254 g/mol. The molecule has 0 atom stereocenters. The second-order valence-corrected chi connectivity index (χ2v) is 4.74. The van der Waals surface area contributed by atoms with Crippen LogP contribution in [0.4, 0.5) is 0 Å². The molecule has 0 radical (unpaired) electrons. The van der Waals surface area contributed by atoms with E-state index in [4.69, 9.17) is 5.11 Å². The fourth-order valence-corrected chi connectivity index (χ4v) is 2.16. The first-order valence-corrected chi connectivity index (χ1v) is 6.94. The monoisotopic (exact) mass is 254 g/mol. The number of hydrogen-bond donors (Lipinski definition) is 2. The van der Waals surface area contributed by atoms with E-state index in [0.717, 1.165) is 44.5 Å². The maximum atomic E-state index is 8.77. The van der Waals surface area contributed by atoms with Crippen LogP contribution in [0.2, 0.25) is 0 Å². The summed E-state index contributed by atoms with van der Waals surface area (Å²) in [6.45, 7) is 8.34. The van der Waals surface area contributed by atoms with Gasteiger partial charge < -0.3 is 10.4 Å². The van der Waals surface area contributed by atoms with Gasteiger partial charge in [0.25, 0.3) is 0 Å². The second kappa shape index (κ2) is 7.48. The minimum atomic E-state index is 0.193. The van der Waals surface area contributed by atoms with Gasteiger partial charge in [-0.1, -0.05) is 26.0 Å². The van der Waals surface area contributed by atoms with Crippen molar-refractivity contribution in [1.29, 1.82) is 0 Å².